The van der Waals surface area contributed by atoms with Crippen molar-refractivity contribution in [1.82, 2.24) is 4.90 Å². The predicted octanol–water partition coefficient (Wildman–Crippen LogP) is 3.18. The van der Waals surface area contributed by atoms with Crippen molar-refractivity contribution in [3.05, 3.63) is 28.8 Å². The van der Waals surface area contributed by atoms with Crippen LogP contribution in [-0.4, -0.2) is 23.9 Å². The van der Waals surface area contributed by atoms with Gasteiger partial charge in [0.2, 0.25) is 0 Å². The van der Waals surface area contributed by atoms with Gasteiger partial charge in [-0.3, -0.25) is 4.79 Å². The molecule has 2 rings (SSSR count). The predicted molar refractivity (Wildman–Crippen MR) is 74.8 cm³/mol. The third-order valence-corrected chi connectivity index (χ3v) is 3.95. The van der Waals surface area contributed by atoms with E-state index in [2.05, 4.69) is 6.92 Å². The molecule has 0 bridgehead atoms. The van der Waals surface area contributed by atoms with Crippen LogP contribution in [0.25, 0.3) is 0 Å². The average Bonchev–Trinajstić information content (AvgIpc) is 2.81. The van der Waals surface area contributed by atoms with Crippen LogP contribution in [0.5, 0.6) is 0 Å². The molecule has 1 atom stereocenters. The maximum Gasteiger partial charge on any atom is 0.255 e. The minimum absolute atomic E-state index is 0.00547. The highest BCUT2D eigenvalue weighted by atomic mass is 35.5. The van der Waals surface area contributed by atoms with E-state index in [4.69, 9.17) is 17.3 Å². The fourth-order valence-corrected chi connectivity index (χ4v) is 2.75. The van der Waals surface area contributed by atoms with E-state index < -0.39 is 0 Å². The van der Waals surface area contributed by atoms with E-state index in [-0.39, 0.29) is 5.91 Å². The number of amides is 1. The zero-order valence-corrected chi connectivity index (χ0v) is 11.4. The van der Waals surface area contributed by atoms with Gasteiger partial charge in [-0.1, -0.05) is 31.0 Å². The summed E-state index contributed by atoms with van der Waals surface area (Å²) in [6.07, 6.45) is 3.46. The Morgan fingerprint density at radius 1 is 1.56 bits per heavy atom. The minimum atomic E-state index is 0.00547. The van der Waals surface area contributed by atoms with Crippen LogP contribution in [0, 0.1) is 5.92 Å². The average molecular weight is 267 g/mol. The Morgan fingerprint density at radius 2 is 2.33 bits per heavy atom. The molecule has 1 unspecified atom stereocenters. The van der Waals surface area contributed by atoms with Crippen molar-refractivity contribution in [2.24, 2.45) is 5.92 Å². The summed E-state index contributed by atoms with van der Waals surface area (Å²) >= 11 is 6.09. The number of benzene rings is 1. The van der Waals surface area contributed by atoms with Gasteiger partial charge in [-0.2, -0.15) is 0 Å². The molecule has 1 aromatic rings. The molecule has 1 heterocycles. The lowest BCUT2D eigenvalue weighted by molar-refractivity contribution is 0.0786. The number of hydrogen-bond acceptors (Lipinski definition) is 2. The molecule has 18 heavy (non-hydrogen) atoms. The molecule has 4 heteroatoms. The second kappa shape index (κ2) is 5.61. The van der Waals surface area contributed by atoms with Gasteiger partial charge < -0.3 is 10.6 Å². The van der Waals surface area contributed by atoms with Gasteiger partial charge in [0.1, 0.15) is 0 Å². The van der Waals surface area contributed by atoms with Crippen molar-refractivity contribution in [3.8, 4) is 0 Å². The van der Waals surface area contributed by atoms with Crippen LogP contribution in [-0.2, 0) is 0 Å². The van der Waals surface area contributed by atoms with E-state index in [1.807, 2.05) is 4.90 Å². The van der Waals surface area contributed by atoms with Gasteiger partial charge in [0.15, 0.2) is 0 Å². The molecule has 1 saturated heterocycles. The Morgan fingerprint density at radius 3 is 3.06 bits per heavy atom. The lowest BCUT2D eigenvalue weighted by Crippen LogP contribution is -2.29. The Hall–Kier alpha value is -1.22. The van der Waals surface area contributed by atoms with Gasteiger partial charge in [-0.05, 0) is 30.9 Å². The molecule has 1 aromatic carbocycles. The summed E-state index contributed by atoms with van der Waals surface area (Å²) in [5.41, 5.74) is 6.72. The molecule has 1 aliphatic rings. The third-order valence-electron chi connectivity index (χ3n) is 3.53. The Balaban J connectivity index is 2.11. The first kappa shape index (κ1) is 13.2. The van der Waals surface area contributed by atoms with Gasteiger partial charge in [-0.15, -0.1) is 0 Å². The van der Waals surface area contributed by atoms with Gasteiger partial charge in [0, 0.05) is 13.1 Å². The molecule has 0 aromatic heterocycles. The Bertz CT molecular complexity index is 447. The number of likely N-dealkylation sites (tertiary alicyclic amines) is 1. The van der Waals surface area contributed by atoms with E-state index in [0.717, 1.165) is 19.5 Å². The van der Waals surface area contributed by atoms with E-state index in [0.29, 0.717) is 22.2 Å². The van der Waals surface area contributed by atoms with Crippen molar-refractivity contribution in [2.75, 3.05) is 18.8 Å². The fraction of sp³-hybridized carbons (Fsp3) is 0.500. The van der Waals surface area contributed by atoms with E-state index in [9.17, 15) is 4.79 Å². The SMILES string of the molecule is CCCC1CCN(C(=O)c2cccc(N)c2Cl)C1. The van der Waals surface area contributed by atoms with Gasteiger partial charge >= 0.3 is 0 Å². The number of carbonyl (C=O) groups is 1. The smallest absolute Gasteiger partial charge is 0.255 e. The van der Waals surface area contributed by atoms with Crippen LogP contribution in [0.3, 0.4) is 0 Å². The number of anilines is 1. The molecule has 0 saturated carbocycles. The maximum absolute atomic E-state index is 12.4. The molecule has 98 valence electrons. The molecule has 1 amide bonds. The lowest BCUT2D eigenvalue weighted by Gasteiger charge is -2.17. The minimum Gasteiger partial charge on any atom is -0.398 e. The molecular weight excluding hydrogens is 248 g/mol. The van der Waals surface area contributed by atoms with E-state index in [1.54, 1.807) is 18.2 Å². The number of nitrogens with zero attached hydrogens (tertiary/aromatic N) is 1. The normalized spacial score (nSPS) is 19.2. The fourth-order valence-electron chi connectivity index (χ4n) is 2.55. The summed E-state index contributed by atoms with van der Waals surface area (Å²) in [6.45, 7) is 3.85. The molecule has 3 nitrogen and oxygen atoms in total. The Kier molecular flexibility index (Phi) is 4.12. The highest BCUT2D eigenvalue weighted by Crippen LogP contribution is 2.27. The highest BCUT2D eigenvalue weighted by Gasteiger charge is 2.27. The summed E-state index contributed by atoms with van der Waals surface area (Å²) in [7, 11) is 0. The largest absolute Gasteiger partial charge is 0.398 e. The zero-order chi connectivity index (χ0) is 13.1. The van der Waals surface area contributed by atoms with Crippen molar-refractivity contribution >= 4 is 23.2 Å². The number of halogens is 1. The zero-order valence-electron chi connectivity index (χ0n) is 10.7. The summed E-state index contributed by atoms with van der Waals surface area (Å²) < 4.78 is 0. The summed E-state index contributed by atoms with van der Waals surface area (Å²) in [4.78, 5) is 14.2. The molecule has 1 fully saturated rings. The van der Waals surface area contributed by atoms with E-state index in [1.165, 1.54) is 12.8 Å². The molecular formula is C14H19ClN2O. The molecule has 0 aliphatic carbocycles. The number of rotatable bonds is 3. The van der Waals surface area contributed by atoms with Crippen molar-refractivity contribution in [2.45, 2.75) is 26.2 Å². The second-order valence-corrected chi connectivity index (χ2v) is 5.28. The molecule has 2 N–H and O–H groups in total. The summed E-state index contributed by atoms with van der Waals surface area (Å²) in [5.74, 6) is 0.643. The quantitative estimate of drug-likeness (QED) is 0.854. The van der Waals surface area contributed by atoms with Crippen LogP contribution < -0.4 is 5.73 Å². The Labute approximate surface area is 113 Å². The second-order valence-electron chi connectivity index (χ2n) is 4.90. The standard InChI is InChI=1S/C14H19ClN2O/c1-2-4-10-7-8-17(9-10)14(18)11-5-3-6-12(16)13(11)15/h3,5-6,10H,2,4,7-9,16H2,1H3. The lowest BCUT2D eigenvalue weighted by atomic mass is 10.0. The van der Waals surface area contributed by atoms with Gasteiger partial charge in [0.05, 0.1) is 16.3 Å². The number of hydrogen-bond donors (Lipinski definition) is 1. The van der Waals surface area contributed by atoms with Crippen LogP contribution in [0.15, 0.2) is 18.2 Å². The highest BCUT2D eigenvalue weighted by molar-refractivity contribution is 6.36. The maximum atomic E-state index is 12.4. The van der Waals surface area contributed by atoms with Crippen molar-refractivity contribution in [3.63, 3.8) is 0 Å². The van der Waals surface area contributed by atoms with Crippen LogP contribution in [0.1, 0.15) is 36.5 Å². The number of nitrogen functional groups attached to an aromatic ring is 1. The van der Waals surface area contributed by atoms with Crippen LogP contribution >= 0.6 is 11.6 Å². The number of nitrogens with two attached hydrogens (primary N) is 1. The van der Waals surface area contributed by atoms with Crippen LogP contribution in [0.4, 0.5) is 5.69 Å². The van der Waals surface area contributed by atoms with Crippen molar-refractivity contribution < 1.29 is 4.79 Å². The molecule has 0 spiro atoms. The molecule has 0 radical (unpaired) electrons. The topological polar surface area (TPSA) is 46.3 Å². The van der Waals surface area contributed by atoms with Gasteiger partial charge in [0.25, 0.3) is 5.91 Å². The first-order valence-corrected chi connectivity index (χ1v) is 6.84. The first-order valence-electron chi connectivity index (χ1n) is 6.46. The van der Waals surface area contributed by atoms with E-state index >= 15 is 0 Å². The van der Waals surface area contributed by atoms with Gasteiger partial charge in [-0.25, -0.2) is 0 Å². The molecule has 1 aliphatic heterocycles. The number of carbonyl (C=O) groups excluding carboxylic acids is 1. The summed E-state index contributed by atoms with van der Waals surface area (Å²) in [5, 5.41) is 0.376. The van der Waals surface area contributed by atoms with Crippen molar-refractivity contribution in [1.29, 1.82) is 0 Å². The third kappa shape index (κ3) is 2.61. The first-order chi connectivity index (χ1) is 8.63. The van der Waals surface area contributed by atoms with Crippen LogP contribution in [0.2, 0.25) is 5.02 Å². The summed E-state index contributed by atoms with van der Waals surface area (Å²) in [6, 6.07) is 5.23. The monoisotopic (exact) mass is 266 g/mol.